The maximum atomic E-state index is 6.36. The molecule has 1 heterocycles. The largest absolute Gasteiger partial charge is 0.372 e. The van der Waals surface area contributed by atoms with Crippen molar-refractivity contribution in [3.05, 3.63) is 57.8 Å². The summed E-state index contributed by atoms with van der Waals surface area (Å²) in [6.07, 6.45) is -0.0748. The standard InChI is InChI=1S/C15H19NOS/c1-3-17-15(12-7-5-4-6-8-12)14(16)13-10-9-11(2)18-13/h4-10,14-15H,3,16H2,1-2H3. The van der Waals surface area contributed by atoms with Gasteiger partial charge in [0.25, 0.3) is 0 Å². The molecule has 2 N–H and O–H groups in total. The molecule has 2 nitrogen and oxygen atoms in total. The van der Waals surface area contributed by atoms with Gasteiger partial charge in [0, 0.05) is 16.4 Å². The van der Waals surface area contributed by atoms with E-state index in [2.05, 4.69) is 31.2 Å². The van der Waals surface area contributed by atoms with E-state index in [1.807, 2.05) is 25.1 Å². The first-order valence-electron chi connectivity index (χ1n) is 6.21. The molecule has 2 rings (SSSR count). The van der Waals surface area contributed by atoms with E-state index in [1.54, 1.807) is 11.3 Å². The third kappa shape index (κ3) is 2.99. The van der Waals surface area contributed by atoms with Gasteiger partial charge in [0.2, 0.25) is 0 Å². The molecule has 0 radical (unpaired) electrons. The van der Waals surface area contributed by atoms with Crippen molar-refractivity contribution in [3.63, 3.8) is 0 Å². The normalized spacial score (nSPS) is 14.4. The van der Waals surface area contributed by atoms with Crippen LogP contribution in [0, 0.1) is 6.92 Å². The van der Waals surface area contributed by atoms with Gasteiger partial charge in [0.1, 0.15) is 6.10 Å². The number of thiophene rings is 1. The lowest BCUT2D eigenvalue weighted by Gasteiger charge is -2.23. The summed E-state index contributed by atoms with van der Waals surface area (Å²) in [5.41, 5.74) is 7.49. The van der Waals surface area contributed by atoms with Crippen LogP contribution >= 0.6 is 11.3 Å². The predicted octanol–water partition coefficient (Wildman–Crippen LogP) is 3.83. The van der Waals surface area contributed by atoms with Gasteiger partial charge in [-0.25, -0.2) is 0 Å². The third-order valence-electron chi connectivity index (χ3n) is 2.89. The lowest BCUT2D eigenvalue weighted by Crippen LogP contribution is -2.21. The van der Waals surface area contributed by atoms with Gasteiger partial charge in [0.05, 0.1) is 6.04 Å². The number of hydrogen-bond donors (Lipinski definition) is 1. The Morgan fingerprint density at radius 1 is 1.17 bits per heavy atom. The molecule has 1 aromatic heterocycles. The van der Waals surface area contributed by atoms with E-state index in [1.165, 1.54) is 9.75 Å². The molecule has 0 aliphatic carbocycles. The number of hydrogen-bond acceptors (Lipinski definition) is 3. The van der Waals surface area contributed by atoms with Crippen LogP contribution in [0.3, 0.4) is 0 Å². The van der Waals surface area contributed by atoms with Crippen LogP contribution in [-0.4, -0.2) is 6.61 Å². The van der Waals surface area contributed by atoms with Gasteiger partial charge >= 0.3 is 0 Å². The summed E-state index contributed by atoms with van der Waals surface area (Å²) < 4.78 is 5.84. The first-order valence-corrected chi connectivity index (χ1v) is 7.02. The Labute approximate surface area is 112 Å². The Hall–Kier alpha value is -1.16. The van der Waals surface area contributed by atoms with Crippen LogP contribution in [0.4, 0.5) is 0 Å². The van der Waals surface area contributed by atoms with E-state index >= 15 is 0 Å². The van der Waals surface area contributed by atoms with Crippen molar-refractivity contribution in [2.24, 2.45) is 5.73 Å². The highest BCUT2D eigenvalue weighted by molar-refractivity contribution is 7.12. The highest BCUT2D eigenvalue weighted by Crippen LogP contribution is 2.33. The predicted molar refractivity (Wildman–Crippen MR) is 76.8 cm³/mol. The van der Waals surface area contributed by atoms with Crippen LogP contribution in [-0.2, 0) is 4.74 Å². The minimum absolute atomic E-state index is 0.0748. The van der Waals surface area contributed by atoms with Crippen LogP contribution in [0.5, 0.6) is 0 Å². The van der Waals surface area contributed by atoms with Crippen molar-refractivity contribution in [1.82, 2.24) is 0 Å². The zero-order valence-corrected chi connectivity index (χ0v) is 11.6. The Bertz CT molecular complexity index is 480. The number of benzene rings is 1. The summed E-state index contributed by atoms with van der Waals surface area (Å²) in [4.78, 5) is 2.46. The van der Waals surface area contributed by atoms with Gasteiger partial charge in [-0.15, -0.1) is 11.3 Å². The van der Waals surface area contributed by atoms with Crippen molar-refractivity contribution < 1.29 is 4.74 Å². The lowest BCUT2D eigenvalue weighted by atomic mass is 10.0. The molecule has 1 aromatic carbocycles. The van der Waals surface area contributed by atoms with E-state index < -0.39 is 0 Å². The van der Waals surface area contributed by atoms with Crippen LogP contribution in [0.25, 0.3) is 0 Å². The average molecular weight is 261 g/mol. The van der Waals surface area contributed by atoms with Gasteiger partial charge in [-0.3, -0.25) is 0 Å². The number of aryl methyl sites for hydroxylation is 1. The molecule has 0 spiro atoms. The average Bonchev–Trinajstić information content (AvgIpc) is 2.83. The topological polar surface area (TPSA) is 35.2 Å². The van der Waals surface area contributed by atoms with E-state index in [0.717, 1.165) is 5.56 Å². The summed E-state index contributed by atoms with van der Waals surface area (Å²) in [5, 5.41) is 0. The van der Waals surface area contributed by atoms with Crippen LogP contribution in [0.2, 0.25) is 0 Å². The number of nitrogens with two attached hydrogens (primary N) is 1. The maximum absolute atomic E-state index is 6.36. The second-order valence-electron chi connectivity index (χ2n) is 4.26. The quantitative estimate of drug-likeness (QED) is 0.887. The minimum Gasteiger partial charge on any atom is -0.372 e. The molecular formula is C15H19NOS. The van der Waals surface area contributed by atoms with Gasteiger partial charge < -0.3 is 10.5 Å². The molecule has 2 unspecified atom stereocenters. The second kappa shape index (κ2) is 6.14. The minimum atomic E-state index is -0.106. The smallest absolute Gasteiger partial charge is 0.102 e. The zero-order chi connectivity index (χ0) is 13.0. The fourth-order valence-corrected chi connectivity index (χ4v) is 2.91. The van der Waals surface area contributed by atoms with Gasteiger partial charge in [-0.05, 0) is 31.5 Å². The Balaban J connectivity index is 2.25. The Kier molecular flexibility index (Phi) is 4.53. The molecule has 0 saturated heterocycles. The van der Waals surface area contributed by atoms with Crippen molar-refractivity contribution in [2.45, 2.75) is 26.0 Å². The van der Waals surface area contributed by atoms with E-state index in [0.29, 0.717) is 6.61 Å². The van der Waals surface area contributed by atoms with E-state index in [9.17, 15) is 0 Å². The van der Waals surface area contributed by atoms with Crippen molar-refractivity contribution in [1.29, 1.82) is 0 Å². The number of ether oxygens (including phenoxy) is 1. The van der Waals surface area contributed by atoms with Gasteiger partial charge in [-0.1, -0.05) is 30.3 Å². The van der Waals surface area contributed by atoms with E-state index in [4.69, 9.17) is 10.5 Å². The van der Waals surface area contributed by atoms with Crippen LogP contribution < -0.4 is 5.73 Å². The molecule has 0 aliphatic heterocycles. The summed E-state index contributed by atoms with van der Waals surface area (Å²) >= 11 is 1.74. The van der Waals surface area contributed by atoms with Gasteiger partial charge in [0.15, 0.2) is 0 Å². The molecule has 2 aromatic rings. The SMILES string of the molecule is CCOC(c1ccccc1)C(N)c1ccc(C)s1. The maximum Gasteiger partial charge on any atom is 0.102 e. The van der Waals surface area contributed by atoms with Crippen molar-refractivity contribution >= 4 is 11.3 Å². The first kappa shape index (κ1) is 13.3. The van der Waals surface area contributed by atoms with Crippen molar-refractivity contribution in [3.8, 4) is 0 Å². The first-order chi connectivity index (χ1) is 8.72. The summed E-state index contributed by atoms with van der Waals surface area (Å²) in [6.45, 7) is 4.76. The molecule has 0 saturated carbocycles. The molecule has 0 amide bonds. The molecule has 0 aliphatic rings. The molecule has 0 bridgehead atoms. The highest BCUT2D eigenvalue weighted by Gasteiger charge is 2.22. The molecule has 3 heteroatoms. The summed E-state index contributed by atoms with van der Waals surface area (Å²) in [7, 11) is 0. The summed E-state index contributed by atoms with van der Waals surface area (Å²) in [6, 6.07) is 14.3. The van der Waals surface area contributed by atoms with Crippen molar-refractivity contribution in [2.75, 3.05) is 6.61 Å². The molecule has 0 fully saturated rings. The summed E-state index contributed by atoms with van der Waals surface area (Å²) in [5.74, 6) is 0. The Morgan fingerprint density at radius 3 is 2.44 bits per heavy atom. The molecule has 2 atom stereocenters. The van der Waals surface area contributed by atoms with Gasteiger partial charge in [-0.2, -0.15) is 0 Å². The lowest BCUT2D eigenvalue weighted by molar-refractivity contribution is 0.0437. The van der Waals surface area contributed by atoms with Crippen LogP contribution in [0.15, 0.2) is 42.5 Å². The zero-order valence-electron chi connectivity index (χ0n) is 10.8. The fourth-order valence-electron chi connectivity index (χ4n) is 2.01. The second-order valence-corrected chi connectivity index (χ2v) is 5.58. The number of rotatable bonds is 5. The fraction of sp³-hybridized carbons (Fsp3) is 0.333. The third-order valence-corrected chi connectivity index (χ3v) is 3.99. The molecular weight excluding hydrogens is 242 g/mol. The highest BCUT2D eigenvalue weighted by atomic mass is 32.1. The van der Waals surface area contributed by atoms with E-state index in [-0.39, 0.29) is 12.1 Å². The van der Waals surface area contributed by atoms with Crippen LogP contribution in [0.1, 0.15) is 34.4 Å². The molecule has 18 heavy (non-hydrogen) atoms. The monoisotopic (exact) mass is 261 g/mol. The Morgan fingerprint density at radius 2 is 1.89 bits per heavy atom. The molecule has 96 valence electrons.